The minimum atomic E-state index is -1.19. The molecule has 1 amide bonds. The van der Waals surface area contributed by atoms with Gasteiger partial charge >= 0.3 is 5.97 Å². The molecule has 1 saturated heterocycles. The number of carbonyl (C=O) groups excluding carboxylic acids is 1. The maximum atomic E-state index is 14.0. The summed E-state index contributed by atoms with van der Waals surface area (Å²) in [7, 11) is 0. The van der Waals surface area contributed by atoms with E-state index in [0.29, 0.717) is 13.1 Å². The van der Waals surface area contributed by atoms with E-state index >= 15 is 0 Å². The molecule has 22 heavy (non-hydrogen) atoms. The van der Waals surface area contributed by atoms with Crippen LogP contribution in [0.15, 0.2) is 18.2 Å². The van der Waals surface area contributed by atoms with Gasteiger partial charge in [-0.05, 0) is 42.9 Å². The van der Waals surface area contributed by atoms with Crippen LogP contribution < -0.4 is 0 Å². The largest absolute Gasteiger partial charge is 0.478 e. The van der Waals surface area contributed by atoms with Gasteiger partial charge in [-0.15, -0.1) is 0 Å². The van der Waals surface area contributed by atoms with E-state index in [4.69, 9.17) is 5.11 Å². The van der Waals surface area contributed by atoms with Crippen molar-refractivity contribution in [3.8, 4) is 0 Å². The quantitative estimate of drug-likeness (QED) is 0.912. The SMILES string of the molecule is O=C(O)c1ccc(C(=O)N2CCC3(CCCCC3)C2)c(F)c1. The first kappa shape index (κ1) is 15.0. The number of benzene rings is 1. The highest BCUT2D eigenvalue weighted by Crippen LogP contribution is 2.44. The molecule has 4 nitrogen and oxygen atoms in total. The maximum Gasteiger partial charge on any atom is 0.335 e. The van der Waals surface area contributed by atoms with E-state index < -0.39 is 11.8 Å². The lowest BCUT2D eigenvalue weighted by Crippen LogP contribution is -2.33. The van der Waals surface area contributed by atoms with Gasteiger partial charge in [0, 0.05) is 13.1 Å². The Morgan fingerprint density at radius 1 is 1.14 bits per heavy atom. The zero-order valence-corrected chi connectivity index (χ0v) is 12.5. The molecule has 0 unspecified atom stereocenters. The number of hydrogen-bond donors (Lipinski definition) is 1. The zero-order valence-electron chi connectivity index (χ0n) is 12.5. The Morgan fingerprint density at radius 3 is 2.50 bits per heavy atom. The average molecular weight is 305 g/mol. The van der Waals surface area contributed by atoms with Crippen molar-refractivity contribution in [2.75, 3.05) is 13.1 Å². The number of likely N-dealkylation sites (tertiary alicyclic amines) is 1. The molecule has 1 aliphatic heterocycles. The second-order valence-corrected chi connectivity index (χ2v) is 6.54. The molecule has 0 radical (unpaired) electrons. The molecule has 1 aliphatic carbocycles. The Hall–Kier alpha value is -1.91. The number of aromatic carboxylic acids is 1. The highest BCUT2D eigenvalue weighted by atomic mass is 19.1. The van der Waals surface area contributed by atoms with Gasteiger partial charge in [0.05, 0.1) is 11.1 Å². The lowest BCUT2D eigenvalue weighted by Gasteiger charge is -2.33. The molecule has 2 aliphatic rings. The fraction of sp³-hybridized carbons (Fsp3) is 0.529. The van der Waals surface area contributed by atoms with Crippen molar-refractivity contribution < 1.29 is 19.1 Å². The monoisotopic (exact) mass is 305 g/mol. The predicted molar refractivity (Wildman–Crippen MR) is 79.4 cm³/mol. The van der Waals surface area contributed by atoms with E-state index in [-0.39, 0.29) is 22.4 Å². The number of hydrogen-bond acceptors (Lipinski definition) is 2. The first-order valence-electron chi connectivity index (χ1n) is 7.83. The number of nitrogens with zero attached hydrogens (tertiary/aromatic N) is 1. The zero-order chi connectivity index (χ0) is 15.7. The molecule has 0 aromatic heterocycles. The summed E-state index contributed by atoms with van der Waals surface area (Å²) in [6, 6.07) is 3.49. The van der Waals surface area contributed by atoms with Crippen molar-refractivity contribution in [3.05, 3.63) is 35.1 Å². The van der Waals surface area contributed by atoms with Gasteiger partial charge in [-0.25, -0.2) is 9.18 Å². The van der Waals surface area contributed by atoms with Gasteiger partial charge in [0.1, 0.15) is 5.82 Å². The number of rotatable bonds is 2. The van der Waals surface area contributed by atoms with Gasteiger partial charge in [-0.2, -0.15) is 0 Å². The molecule has 3 rings (SSSR count). The smallest absolute Gasteiger partial charge is 0.335 e. The van der Waals surface area contributed by atoms with Crippen molar-refractivity contribution in [1.29, 1.82) is 0 Å². The van der Waals surface area contributed by atoms with Crippen molar-refractivity contribution in [3.63, 3.8) is 0 Å². The molecule has 118 valence electrons. The molecule has 5 heteroatoms. The van der Waals surface area contributed by atoms with E-state index in [2.05, 4.69) is 0 Å². The van der Waals surface area contributed by atoms with E-state index in [9.17, 15) is 14.0 Å². The van der Waals surface area contributed by atoms with Crippen LogP contribution in [0.4, 0.5) is 4.39 Å². The normalized spacial score (nSPS) is 20.3. The van der Waals surface area contributed by atoms with Crippen LogP contribution in [0.1, 0.15) is 59.2 Å². The van der Waals surface area contributed by atoms with Crippen LogP contribution in [0, 0.1) is 11.2 Å². The minimum Gasteiger partial charge on any atom is -0.478 e. The van der Waals surface area contributed by atoms with Gasteiger partial charge in [-0.3, -0.25) is 4.79 Å². The first-order valence-corrected chi connectivity index (χ1v) is 7.83. The highest BCUT2D eigenvalue weighted by molar-refractivity contribution is 5.96. The summed E-state index contributed by atoms with van der Waals surface area (Å²) >= 11 is 0. The standard InChI is InChI=1S/C17H20FNO3/c18-14-10-12(16(21)22)4-5-13(14)15(20)19-9-8-17(11-19)6-2-1-3-7-17/h4-5,10H,1-3,6-9,11H2,(H,21,22). The molecule has 0 bridgehead atoms. The topological polar surface area (TPSA) is 57.6 Å². The fourth-order valence-corrected chi connectivity index (χ4v) is 3.81. The number of carbonyl (C=O) groups is 2. The molecule has 2 fully saturated rings. The number of carboxylic acids is 1. The summed E-state index contributed by atoms with van der Waals surface area (Å²) in [6.45, 7) is 1.37. The van der Waals surface area contributed by atoms with Crippen LogP contribution in [0.5, 0.6) is 0 Å². The second kappa shape index (κ2) is 5.71. The average Bonchev–Trinajstić information content (AvgIpc) is 2.91. The molecule has 1 aromatic carbocycles. The maximum absolute atomic E-state index is 14.0. The third kappa shape index (κ3) is 2.72. The van der Waals surface area contributed by atoms with Crippen molar-refractivity contribution in [2.45, 2.75) is 38.5 Å². The molecule has 0 atom stereocenters. The Bertz CT molecular complexity index is 608. The minimum absolute atomic E-state index is 0.0298. The number of halogens is 1. The molecular formula is C17H20FNO3. The van der Waals surface area contributed by atoms with Crippen molar-refractivity contribution in [2.24, 2.45) is 5.41 Å². The summed E-state index contributed by atoms with van der Waals surface area (Å²) in [6.07, 6.45) is 6.98. The third-order valence-electron chi connectivity index (χ3n) is 5.09. The molecule has 1 heterocycles. The Morgan fingerprint density at radius 2 is 1.86 bits per heavy atom. The first-order chi connectivity index (χ1) is 10.5. The molecule has 1 saturated carbocycles. The van der Waals surface area contributed by atoms with Crippen LogP contribution in [0.2, 0.25) is 0 Å². The summed E-state index contributed by atoms with van der Waals surface area (Å²) < 4.78 is 14.0. The second-order valence-electron chi connectivity index (χ2n) is 6.54. The number of amides is 1. The summed E-state index contributed by atoms with van der Waals surface area (Å²) in [5.74, 6) is -2.27. The third-order valence-corrected chi connectivity index (χ3v) is 5.09. The van der Waals surface area contributed by atoms with Crippen LogP contribution in [-0.4, -0.2) is 35.0 Å². The molecule has 1 N–H and O–H groups in total. The van der Waals surface area contributed by atoms with E-state index in [1.54, 1.807) is 4.90 Å². The number of carboxylic acid groups (broad SMARTS) is 1. The highest BCUT2D eigenvalue weighted by Gasteiger charge is 2.40. The van der Waals surface area contributed by atoms with Crippen LogP contribution in [0.3, 0.4) is 0 Å². The summed E-state index contributed by atoms with van der Waals surface area (Å²) in [5.41, 5.74) is 0.0582. The summed E-state index contributed by atoms with van der Waals surface area (Å²) in [4.78, 5) is 25.1. The van der Waals surface area contributed by atoms with Crippen molar-refractivity contribution in [1.82, 2.24) is 4.90 Å². The van der Waals surface area contributed by atoms with Crippen LogP contribution in [-0.2, 0) is 0 Å². The Labute approximate surface area is 128 Å². The fourth-order valence-electron chi connectivity index (χ4n) is 3.81. The van der Waals surface area contributed by atoms with E-state index in [0.717, 1.165) is 25.3 Å². The molecule has 1 aromatic rings. The van der Waals surface area contributed by atoms with Gasteiger partial charge in [0.25, 0.3) is 5.91 Å². The van der Waals surface area contributed by atoms with E-state index in [1.165, 1.54) is 31.4 Å². The lowest BCUT2D eigenvalue weighted by molar-refractivity contribution is 0.0693. The van der Waals surface area contributed by atoms with Gasteiger partial charge in [-0.1, -0.05) is 19.3 Å². The van der Waals surface area contributed by atoms with E-state index in [1.807, 2.05) is 0 Å². The summed E-state index contributed by atoms with van der Waals surface area (Å²) in [5, 5.41) is 8.85. The predicted octanol–water partition coefficient (Wildman–Crippen LogP) is 3.32. The van der Waals surface area contributed by atoms with Gasteiger partial charge in [0.2, 0.25) is 0 Å². The lowest BCUT2D eigenvalue weighted by atomic mass is 9.73. The molecular weight excluding hydrogens is 285 g/mol. The van der Waals surface area contributed by atoms with Crippen LogP contribution >= 0.6 is 0 Å². The Kier molecular flexibility index (Phi) is 3.89. The van der Waals surface area contributed by atoms with Crippen LogP contribution in [0.25, 0.3) is 0 Å². The Balaban J connectivity index is 1.76. The van der Waals surface area contributed by atoms with Gasteiger partial charge in [0.15, 0.2) is 0 Å². The van der Waals surface area contributed by atoms with Crippen molar-refractivity contribution >= 4 is 11.9 Å². The molecule has 1 spiro atoms. The van der Waals surface area contributed by atoms with Gasteiger partial charge < -0.3 is 10.0 Å².